The Morgan fingerprint density at radius 3 is 1.05 bits per heavy atom. The standard InChI is InChI=1S/C30H49NO11/c1-2-3-9-34-11-13-36-15-17-38-19-21-40-23-25-42-26-24-41-22-20-39-18-16-37-14-12-35-10-8-31-29(32)27-6-4-5-7-28(27)30(31)33/h4-7H,2-3,8-26H2,1H3. The number of imide groups is 1. The van der Waals surface area contributed by atoms with Crippen LogP contribution in [0.25, 0.3) is 0 Å². The summed E-state index contributed by atoms with van der Waals surface area (Å²) in [5.41, 5.74) is 0.891. The summed E-state index contributed by atoms with van der Waals surface area (Å²) in [5, 5.41) is 0. The van der Waals surface area contributed by atoms with Crippen LogP contribution in [0.3, 0.4) is 0 Å². The van der Waals surface area contributed by atoms with E-state index in [4.69, 9.17) is 42.6 Å². The highest BCUT2D eigenvalue weighted by Crippen LogP contribution is 2.21. The first-order chi connectivity index (χ1) is 20.8. The van der Waals surface area contributed by atoms with Gasteiger partial charge in [-0.3, -0.25) is 14.5 Å². The molecule has 0 atom stereocenters. The van der Waals surface area contributed by atoms with Gasteiger partial charge in [0.05, 0.1) is 130 Å². The molecule has 1 heterocycles. The van der Waals surface area contributed by atoms with Crippen LogP contribution in [0.5, 0.6) is 0 Å². The Kier molecular flexibility index (Phi) is 22.0. The van der Waals surface area contributed by atoms with Crippen molar-refractivity contribution in [3.63, 3.8) is 0 Å². The van der Waals surface area contributed by atoms with Crippen LogP contribution in [-0.2, 0) is 42.6 Å². The second-order valence-corrected chi connectivity index (χ2v) is 9.17. The second kappa shape index (κ2) is 25.5. The van der Waals surface area contributed by atoms with Crippen LogP contribution in [0, 0.1) is 0 Å². The Morgan fingerprint density at radius 1 is 0.452 bits per heavy atom. The molecule has 0 saturated carbocycles. The Bertz CT molecular complexity index is 791. The predicted molar refractivity (Wildman–Crippen MR) is 154 cm³/mol. The summed E-state index contributed by atoms with van der Waals surface area (Å²) in [5.74, 6) is -0.548. The van der Waals surface area contributed by atoms with Crippen molar-refractivity contribution in [2.75, 3.05) is 125 Å². The number of hydrogen-bond acceptors (Lipinski definition) is 11. The number of carbonyl (C=O) groups is 2. The zero-order valence-electron chi connectivity index (χ0n) is 25.1. The van der Waals surface area contributed by atoms with Crippen LogP contribution >= 0.6 is 0 Å². The van der Waals surface area contributed by atoms with E-state index in [2.05, 4.69) is 6.92 Å². The van der Waals surface area contributed by atoms with E-state index in [1.807, 2.05) is 0 Å². The number of fused-ring (bicyclic) bond motifs is 1. The second-order valence-electron chi connectivity index (χ2n) is 9.17. The Balaban J connectivity index is 1.21. The van der Waals surface area contributed by atoms with E-state index in [1.165, 1.54) is 4.90 Å². The highest BCUT2D eigenvalue weighted by molar-refractivity contribution is 6.21. The lowest BCUT2D eigenvalue weighted by atomic mass is 10.1. The molecule has 1 aromatic carbocycles. The summed E-state index contributed by atoms with van der Waals surface area (Å²) in [6.45, 7) is 11.4. The van der Waals surface area contributed by atoms with Crippen LogP contribution < -0.4 is 0 Å². The number of hydrogen-bond donors (Lipinski definition) is 0. The van der Waals surface area contributed by atoms with Gasteiger partial charge < -0.3 is 42.6 Å². The number of carbonyl (C=O) groups excluding carboxylic acids is 2. The highest BCUT2D eigenvalue weighted by atomic mass is 16.6. The lowest BCUT2D eigenvalue weighted by Gasteiger charge is -2.13. The van der Waals surface area contributed by atoms with Gasteiger partial charge in [0, 0.05) is 6.61 Å². The van der Waals surface area contributed by atoms with Crippen molar-refractivity contribution in [3.05, 3.63) is 35.4 Å². The lowest BCUT2D eigenvalue weighted by Crippen LogP contribution is -2.33. The number of rotatable bonds is 30. The van der Waals surface area contributed by atoms with E-state index in [9.17, 15) is 9.59 Å². The fraction of sp³-hybridized carbons (Fsp3) is 0.733. The smallest absolute Gasteiger partial charge is 0.261 e. The molecule has 1 aromatic rings. The van der Waals surface area contributed by atoms with Gasteiger partial charge in [0.15, 0.2) is 0 Å². The zero-order valence-corrected chi connectivity index (χ0v) is 25.1. The molecule has 42 heavy (non-hydrogen) atoms. The summed E-state index contributed by atoms with van der Waals surface area (Å²) in [7, 11) is 0. The fourth-order valence-electron chi connectivity index (χ4n) is 3.71. The normalized spacial score (nSPS) is 12.9. The molecule has 240 valence electrons. The van der Waals surface area contributed by atoms with Crippen LogP contribution in [0.15, 0.2) is 24.3 Å². The fourth-order valence-corrected chi connectivity index (χ4v) is 3.71. The third-order valence-corrected chi connectivity index (χ3v) is 5.96. The quantitative estimate of drug-likeness (QED) is 0.0956. The molecular formula is C30H49NO11. The molecule has 1 aliphatic rings. The topological polar surface area (TPSA) is 120 Å². The van der Waals surface area contributed by atoms with Gasteiger partial charge in [-0.15, -0.1) is 0 Å². The van der Waals surface area contributed by atoms with Crippen molar-refractivity contribution in [3.8, 4) is 0 Å². The predicted octanol–water partition coefficient (Wildman–Crippen LogP) is 2.23. The van der Waals surface area contributed by atoms with Crippen molar-refractivity contribution < 1.29 is 52.2 Å². The Morgan fingerprint density at radius 2 is 0.738 bits per heavy atom. The first-order valence-electron chi connectivity index (χ1n) is 14.9. The van der Waals surface area contributed by atoms with Gasteiger partial charge in [-0.1, -0.05) is 25.5 Å². The van der Waals surface area contributed by atoms with Crippen molar-refractivity contribution in [1.29, 1.82) is 0 Å². The summed E-state index contributed by atoms with van der Waals surface area (Å²) in [6.07, 6.45) is 2.23. The summed E-state index contributed by atoms with van der Waals surface area (Å²) < 4.78 is 49.1. The molecule has 2 amide bonds. The van der Waals surface area contributed by atoms with Gasteiger partial charge in [0.25, 0.3) is 11.8 Å². The number of benzene rings is 1. The molecule has 0 fully saturated rings. The molecule has 0 aromatic heterocycles. The lowest BCUT2D eigenvalue weighted by molar-refractivity contribution is -0.0251. The molecule has 0 unspecified atom stereocenters. The minimum atomic E-state index is -0.274. The monoisotopic (exact) mass is 599 g/mol. The van der Waals surface area contributed by atoms with Gasteiger partial charge in [-0.2, -0.15) is 0 Å². The molecule has 12 nitrogen and oxygen atoms in total. The van der Waals surface area contributed by atoms with Gasteiger partial charge in [-0.25, -0.2) is 0 Å². The van der Waals surface area contributed by atoms with E-state index >= 15 is 0 Å². The minimum absolute atomic E-state index is 0.219. The zero-order chi connectivity index (χ0) is 29.9. The van der Waals surface area contributed by atoms with E-state index in [0.29, 0.717) is 117 Å². The van der Waals surface area contributed by atoms with Crippen molar-refractivity contribution >= 4 is 11.8 Å². The average Bonchev–Trinajstić information content (AvgIpc) is 3.25. The number of unbranched alkanes of at least 4 members (excludes halogenated alkanes) is 1. The molecule has 1 aliphatic heterocycles. The highest BCUT2D eigenvalue weighted by Gasteiger charge is 2.34. The largest absolute Gasteiger partial charge is 0.379 e. The Hall–Kier alpha value is -2.00. The van der Waals surface area contributed by atoms with Gasteiger partial charge >= 0.3 is 0 Å². The van der Waals surface area contributed by atoms with Gasteiger partial charge in [-0.05, 0) is 18.6 Å². The molecule has 2 rings (SSSR count). The van der Waals surface area contributed by atoms with Gasteiger partial charge in [0.1, 0.15) is 0 Å². The summed E-state index contributed by atoms with van der Waals surface area (Å²) >= 11 is 0. The molecule has 0 aliphatic carbocycles. The van der Waals surface area contributed by atoms with E-state index in [1.54, 1.807) is 24.3 Å². The van der Waals surface area contributed by atoms with E-state index in [-0.39, 0.29) is 25.0 Å². The molecule has 0 saturated heterocycles. The maximum absolute atomic E-state index is 12.3. The third kappa shape index (κ3) is 16.6. The first-order valence-corrected chi connectivity index (χ1v) is 14.9. The van der Waals surface area contributed by atoms with E-state index in [0.717, 1.165) is 19.4 Å². The molecule has 0 spiro atoms. The van der Waals surface area contributed by atoms with Crippen LogP contribution in [0.2, 0.25) is 0 Å². The molecule has 0 bridgehead atoms. The van der Waals surface area contributed by atoms with Crippen LogP contribution in [0.1, 0.15) is 40.5 Å². The molecule has 0 radical (unpaired) electrons. The van der Waals surface area contributed by atoms with Crippen molar-refractivity contribution in [1.82, 2.24) is 4.90 Å². The Labute approximate surface area is 249 Å². The van der Waals surface area contributed by atoms with Crippen molar-refractivity contribution in [2.45, 2.75) is 19.8 Å². The first kappa shape index (κ1) is 36.2. The maximum atomic E-state index is 12.3. The third-order valence-electron chi connectivity index (χ3n) is 5.96. The van der Waals surface area contributed by atoms with Crippen LogP contribution in [0.4, 0.5) is 0 Å². The number of ether oxygens (including phenoxy) is 9. The summed E-state index contributed by atoms with van der Waals surface area (Å²) in [6, 6.07) is 6.83. The van der Waals surface area contributed by atoms with Gasteiger partial charge in [0.2, 0.25) is 0 Å². The van der Waals surface area contributed by atoms with E-state index < -0.39 is 0 Å². The minimum Gasteiger partial charge on any atom is -0.379 e. The molecule has 12 heteroatoms. The van der Waals surface area contributed by atoms with Crippen molar-refractivity contribution in [2.24, 2.45) is 0 Å². The molecule has 0 N–H and O–H groups in total. The van der Waals surface area contributed by atoms with Crippen LogP contribution in [-0.4, -0.2) is 142 Å². The number of nitrogens with zero attached hydrogens (tertiary/aromatic N) is 1. The number of amides is 2. The average molecular weight is 600 g/mol. The summed E-state index contributed by atoms with van der Waals surface area (Å²) in [4.78, 5) is 25.8. The maximum Gasteiger partial charge on any atom is 0.261 e. The SMILES string of the molecule is CCCCOCCOCCOCCOCCOCCOCCOCCOCCOCCN1C(=O)c2ccccc2C1=O. The molecular weight excluding hydrogens is 550 g/mol.